The Morgan fingerprint density at radius 1 is 1.25 bits per heavy atom. The van der Waals surface area contributed by atoms with E-state index in [4.69, 9.17) is 5.11 Å². The van der Waals surface area contributed by atoms with Crippen LogP contribution in [0, 0.1) is 0 Å². The summed E-state index contributed by atoms with van der Waals surface area (Å²) in [5, 5.41) is 8.86. The van der Waals surface area contributed by atoms with E-state index in [1.54, 1.807) is 4.90 Å². The van der Waals surface area contributed by atoms with Crippen LogP contribution in [0.3, 0.4) is 0 Å². The molecule has 1 aliphatic heterocycles. The number of anilines is 1. The van der Waals surface area contributed by atoms with Gasteiger partial charge in [0.1, 0.15) is 5.82 Å². The lowest BCUT2D eigenvalue weighted by Gasteiger charge is -2.36. The number of piperazine rings is 1. The van der Waals surface area contributed by atoms with Crippen molar-refractivity contribution in [1.29, 1.82) is 0 Å². The molecule has 0 aromatic carbocycles. The van der Waals surface area contributed by atoms with Gasteiger partial charge in [-0.3, -0.25) is 4.90 Å². The topological polar surface area (TPSA) is 39.6 Å². The monoisotopic (exact) mass is 353 g/mol. The predicted octanol–water partition coefficient (Wildman–Crippen LogP) is 1.98. The second-order valence-electron chi connectivity index (χ2n) is 4.57. The summed E-state index contributed by atoms with van der Waals surface area (Å²) in [4.78, 5) is 7.59. The molecule has 0 radical (unpaired) electrons. The molecule has 1 aromatic heterocycles. The van der Waals surface area contributed by atoms with Gasteiger partial charge in [-0.2, -0.15) is 13.2 Å². The molecular weight excluding hydrogens is 339 g/mol. The lowest BCUT2D eigenvalue weighted by atomic mass is 10.2. The first kappa shape index (κ1) is 15.5. The van der Waals surface area contributed by atoms with Gasteiger partial charge in [0.05, 0.1) is 12.2 Å². The van der Waals surface area contributed by atoms with E-state index in [9.17, 15) is 13.2 Å². The van der Waals surface area contributed by atoms with Gasteiger partial charge in [-0.05, 0) is 22.0 Å². The molecular formula is C12H15BrF3N3O. The molecule has 8 heteroatoms. The number of aliphatic hydroxyl groups is 1. The molecule has 0 aliphatic carbocycles. The smallest absolute Gasteiger partial charge is 0.395 e. The normalized spacial score (nSPS) is 17.6. The van der Waals surface area contributed by atoms with E-state index in [1.807, 2.05) is 4.90 Å². The Labute approximate surface area is 123 Å². The highest BCUT2D eigenvalue weighted by atomic mass is 79.9. The van der Waals surface area contributed by atoms with Crippen LogP contribution in [0.5, 0.6) is 0 Å². The van der Waals surface area contributed by atoms with Crippen LogP contribution < -0.4 is 4.90 Å². The molecule has 2 heterocycles. The average Bonchev–Trinajstić information content (AvgIpc) is 2.39. The Hall–Kier alpha value is -0.860. The number of rotatable bonds is 3. The molecule has 1 saturated heterocycles. The van der Waals surface area contributed by atoms with Crippen LogP contribution in [0.1, 0.15) is 5.56 Å². The first-order chi connectivity index (χ1) is 9.41. The van der Waals surface area contributed by atoms with Crippen molar-refractivity contribution >= 4 is 21.7 Å². The molecule has 2 rings (SSSR count). The summed E-state index contributed by atoms with van der Waals surface area (Å²) in [5.41, 5.74) is -0.720. The fraction of sp³-hybridized carbons (Fsp3) is 0.583. The van der Waals surface area contributed by atoms with E-state index in [1.165, 1.54) is 6.20 Å². The average molecular weight is 354 g/mol. The van der Waals surface area contributed by atoms with Gasteiger partial charge in [0.15, 0.2) is 0 Å². The highest BCUT2D eigenvalue weighted by Crippen LogP contribution is 2.37. The largest absolute Gasteiger partial charge is 0.419 e. The Kier molecular flexibility index (Phi) is 4.87. The highest BCUT2D eigenvalue weighted by Gasteiger charge is 2.36. The summed E-state index contributed by atoms with van der Waals surface area (Å²) in [6.45, 7) is 2.79. The molecule has 0 atom stereocenters. The lowest BCUT2D eigenvalue weighted by Crippen LogP contribution is -2.48. The molecule has 1 aromatic rings. The van der Waals surface area contributed by atoms with Crippen molar-refractivity contribution in [2.24, 2.45) is 0 Å². The minimum Gasteiger partial charge on any atom is -0.395 e. The second kappa shape index (κ2) is 6.28. The van der Waals surface area contributed by atoms with Gasteiger partial charge in [0.25, 0.3) is 0 Å². The zero-order valence-corrected chi connectivity index (χ0v) is 12.3. The molecule has 20 heavy (non-hydrogen) atoms. The van der Waals surface area contributed by atoms with Crippen molar-refractivity contribution in [3.8, 4) is 0 Å². The van der Waals surface area contributed by atoms with E-state index < -0.39 is 11.7 Å². The Bertz CT molecular complexity index is 462. The van der Waals surface area contributed by atoms with Crippen molar-refractivity contribution in [2.45, 2.75) is 6.18 Å². The number of halogens is 4. The number of aromatic nitrogens is 1. The van der Waals surface area contributed by atoms with E-state index in [2.05, 4.69) is 20.9 Å². The summed E-state index contributed by atoms with van der Waals surface area (Å²) in [6.07, 6.45) is -3.04. The minimum absolute atomic E-state index is 0.0238. The zero-order chi connectivity index (χ0) is 14.8. The fourth-order valence-electron chi connectivity index (χ4n) is 2.22. The summed E-state index contributed by atoms with van der Waals surface area (Å²) in [6, 6.07) is 1.06. The first-order valence-corrected chi connectivity index (χ1v) is 7.02. The van der Waals surface area contributed by atoms with E-state index in [-0.39, 0.29) is 12.4 Å². The number of hydrogen-bond acceptors (Lipinski definition) is 4. The number of β-amino-alcohol motifs (C(OH)–C–C–N with tert-alkyl or cyclic N) is 1. The van der Waals surface area contributed by atoms with Crippen LogP contribution in [0.25, 0.3) is 0 Å². The minimum atomic E-state index is -4.42. The third-order valence-corrected chi connectivity index (χ3v) is 3.66. The lowest BCUT2D eigenvalue weighted by molar-refractivity contribution is -0.137. The van der Waals surface area contributed by atoms with Gasteiger partial charge in [0.2, 0.25) is 0 Å². The van der Waals surface area contributed by atoms with E-state index in [0.717, 1.165) is 6.07 Å². The molecule has 0 spiro atoms. The molecule has 0 amide bonds. The number of aliphatic hydroxyl groups excluding tert-OH is 1. The standard InChI is InChI=1S/C12H15BrF3N3O/c13-9-7-10(12(14,15)16)11(17-8-9)19-3-1-18(2-4-19)5-6-20/h7-8,20H,1-6H2. The van der Waals surface area contributed by atoms with E-state index in [0.29, 0.717) is 37.2 Å². The van der Waals surface area contributed by atoms with Gasteiger partial charge in [0, 0.05) is 43.4 Å². The Morgan fingerprint density at radius 3 is 2.45 bits per heavy atom. The summed E-state index contributed by atoms with van der Waals surface area (Å²) < 4.78 is 39.5. The third-order valence-electron chi connectivity index (χ3n) is 3.23. The molecule has 0 saturated carbocycles. The number of pyridine rings is 1. The molecule has 1 aliphatic rings. The highest BCUT2D eigenvalue weighted by molar-refractivity contribution is 9.10. The molecule has 1 fully saturated rings. The quantitative estimate of drug-likeness (QED) is 0.901. The molecule has 1 N–H and O–H groups in total. The van der Waals surface area contributed by atoms with Crippen LogP contribution in [0.15, 0.2) is 16.7 Å². The first-order valence-electron chi connectivity index (χ1n) is 6.22. The van der Waals surface area contributed by atoms with E-state index >= 15 is 0 Å². The summed E-state index contributed by atoms with van der Waals surface area (Å²) >= 11 is 3.03. The van der Waals surface area contributed by atoms with Gasteiger partial charge >= 0.3 is 6.18 Å². The molecule has 4 nitrogen and oxygen atoms in total. The van der Waals surface area contributed by atoms with Crippen LogP contribution in [0.2, 0.25) is 0 Å². The molecule has 0 bridgehead atoms. The Morgan fingerprint density at radius 2 is 1.90 bits per heavy atom. The zero-order valence-electron chi connectivity index (χ0n) is 10.7. The Balaban J connectivity index is 2.18. The van der Waals surface area contributed by atoms with Crippen LogP contribution in [-0.4, -0.2) is 54.3 Å². The van der Waals surface area contributed by atoms with Crippen LogP contribution >= 0.6 is 15.9 Å². The number of nitrogens with zero attached hydrogens (tertiary/aromatic N) is 3. The number of hydrogen-bond donors (Lipinski definition) is 1. The van der Waals surface area contributed by atoms with Gasteiger partial charge < -0.3 is 10.0 Å². The third kappa shape index (κ3) is 3.62. The van der Waals surface area contributed by atoms with Crippen molar-refractivity contribution in [3.63, 3.8) is 0 Å². The van der Waals surface area contributed by atoms with Crippen LogP contribution in [0.4, 0.5) is 19.0 Å². The summed E-state index contributed by atoms with van der Waals surface area (Å²) in [5.74, 6) is -0.0238. The molecule has 0 unspecified atom stereocenters. The number of alkyl halides is 3. The maximum Gasteiger partial charge on any atom is 0.419 e. The van der Waals surface area contributed by atoms with Crippen molar-refractivity contribution in [2.75, 3.05) is 44.2 Å². The summed E-state index contributed by atoms with van der Waals surface area (Å²) in [7, 11) is 0. The predicted molar refractivity (Wildman–Crippen MR) is 72.7 cm³/mol. The fourth-order valence-corrected chi connectivity index (χ4v) is 2.55. The van der Waals surface area contributed by atoms with Gasteiger partial charge in [-0.25, -0.2) is 4.98 Å². The second-order valence-corrected chi connectivity index (χ2v) is 5.49. The van der Waals surface area contributed by atoms with Crippen molar-refractivity contribution in [3.05, 3.63) is 22.3 Å². The maximum absolute atomic E-state index is 13.0. The molecule has 112 valence electrons. The van der Waals surface area contributed by atoms with Gasteiger partial charge in [-0.15, -0.1) is 0 Å². The SMILES string of the molecule is OCCN1CCN(c2ncc(Br)cc2C(F)(F)F)CC1. The van der Waals surface area contributed by atoms with Crippen LogP contribution in [-0.2, 0) is 6.18 Å². The van der Waals surface area contributed by atoms with Crippen molar-refractivity contribution < 1.29 is 18.3 Å². The maximum atomic E-state index is 13.0. The van der Waals surface area contributed by atoms with Crippen molar-refractivity contribution in [1.82, 2.24) is 9.88 Å². The van der Waals surface area contributed by atoms with Gasteiger partial charge in [-0.1, -0.05) is 0 Å².